The number of hydrogen-bond donors (Lipinski definition) is 2. The van der Waals surface area contributed by atoms with Gasteiger partial charge in [-0.1, -0.05) is 23.9 Å². The van der Waals surface area contributed by atoms with Crippen molar-refractivity contribution in [2.24, 2.45) is 5.73 Å². The second-order valence-electron chi connectivity index (χ2n) is 2.58. The molecule has 1 aromatic rings. The number of rotatable bonds is 3. The number of halogens is 1. The van der Waals surface area contributed by atoms with Gasteiger partial charge >= 0.3 is 0 Å². The second kappa shape index (κ2) is 5.35. The molecule has 0 unspecified atom stereocenters. The van der Waals surface area contributed by atoms with E-state index in [0.29, 0.717) is 5.56 Å². The molecule has 0 fully saturated rings. The molecule has 0 aromatic heterocycles. The Morgan fingerprint density at radius 1 is 1.43 bits per heavy atom. The van der Waals surface area contributed by atoms with Crippen molar-refractivity contribution >= 4 is 45.3 Å². The van der Waals surface area contributed by atoms with Gasteiger partial charge in [-0.25, -0.2) is 0 Å². The summed E-state index contributed by atoms with van der Waals surface area (Å²) in [6, 6.07) is 7.33. The highest BCUT2D eigenvalue weighted by molar-refractivity contribution is 14.1. The summed E-state index contributed by atoms with van der Waals surface area (Å²) in [5.74, 6) is 0.234. The van der Waals surface area contributed by atoms with Gasteiger partial charge in [0.05, 0.1) is 5.75 Å². The topological polar surface area (TPSA) is 66.9 Å². The van der Waals surface area contributed by atoms with Crippen LogP contribution in [0.4, 0.5) is 0 Å². The predicted octanol–water partition coefficient (Wildman–Crippen LogP) is 2.10. The summed E-state index contributed by atoms with van der Waals surface area (Å²) in [4.78, 5) is 11.5. The average molecular weight is 320 g/mol. The van der Waals surface area contributed by atoms with Crippen LogP contribution in [0.1, 0.15) is 10.4 Å². The number of carbonyl (C=O) groups is 1. The van der Waals surface area contributed by atoms with Gasteiger partial charge in [-0.15, -0.1) is 0 Å². The summed E-state index contributed by atoms with van der Waals surface area (Å²) >= 11 is 3.23. The molecule has 0 spiro atoms. The predicted molar refractivity (Wildman–Crippen MR) is 67.9 cm³/mol. The number of nitrogens with two attached hydrogens (primary N) is 1. The molecule has 14 heavy (non-hydrogen) atoms. The van der Waals surface area contributed by atoms with E-state index in [1.54, 1.807) is 12.1 Å². The fourth-order valence-corrected chi connectivity index (χ4v) is 1.68. The molecule has 0 heterocycles. The monoisotopic (exact) mass is 320 g/mol. The number of amidine groups is 1. The van der Waals surface area contributed by atoms with Crippen molar-refractivity contribution in [2.45, 2.75) is 0 Å². The molecule has 5 heteroatoms. The van der Waals surface area contributed by atoms with Gasteiger partial charge in [-0.05, 0) is 34.7 Å². The van der Waals surface area contributed by atoms with Gasteiger partial charge in [0.25, 0.3) is 0 Å². The van der Waals surface area contributed by atoms with Crippen LogP contribution in [0.2, 0.25) is 0 Å². The molecule has 0 bridgehead atoms. The standard InChI is InChI=1S/C9H9IN2OS/c10-7-3-1-6(2-4-7)8(13)5-14-9(11)12/h1-4H,5H2,(H3,11,12). The third-order valence-electron chi connectivity index (χ3n) is 1.52. The zero-order valence-electron chi connectivity index (χ0n) is 7.29. The number of hydrogen-bond acceptors (Lipinski definition) is 3. The van der Waals surface area contributed by atoms with Crippen molar-refractivity contribution in [1.82, 2.24) is 0 Å². The second-order valence-corrected chi connectivity index (χ2v) is 4.85. The van der Waals surface area contributed by atoms with Gasteiger partial charge in [0, 0.05) is 9.13 Å². The van der Waals surface area contributed by atoms with Gasteiger partial charge in [0.2, 0.25) is 0 Å². The summed E-state index contributed by atoms with van der Waals surface area (Å²) < 4.78 is 1.10. The normalized spacial score (nSPS) is 9.79. The molecular formula is C9H9IN2OS. The highest BCUT2D eigenvalue weighted by Crippen LogP contribution is 2.10. The fourth-order valence-electron chi connectivity index (χ4n) is 0.862. The number of carbonyl (C=O) groups excluding carboxylic acids is 1. The summed E-state index contributed by atoms with van der Waals surface area (Å²) in [6.45, 7) is 0. The van der Waals surface area contributed by atoms with E-state index < -0.39 is 0 Å². The quantitative estimate of drug-likeness (QED) is 0.388. The highest BCUT2D eigenvalue weighted by Gasteiger charge is 2.05. The molecule has 0 aliphatic heterocycles. The molecule has 0 saturated carbocycles. The van der Waals surface area contributed by atoms with Gasteiger partial charge in [-0.2, -0.15) is 0 Å². The third-order valence-corrected chi connectivity index (χ3v) is 2.96. The molecule has 0 radical (unpaired) electrons. The Morgan fingerprint density at radius 3 is 2.50 bits per heavy atom. The fraction of sp³-hybridized carbons (Fsp3) is 0.111. The molecule has 74 valence electrons. The van der Waals surface area contributed by atoms with Crippen LogP contribution < -0.4 is 5.73 Å². The van der Waals surface area contributed by atoms with Crippen molar-refractivity contribution in [2.75, 3.05) is 5.75 Å². The average Bonchev–Trinajstić information content (AvgIpc) is 2.15. The Hall–Kier alpha value is -0.560. The Morgan fingerprint density at radius 2 is 2.00 bits per heavy atom. The zero-order chi connectivity index (χ0) is 10.6. The van der Waals surface area contributed by atoms with Crippen molar-refractivity contribution < 1.29 is 4.79 Å². The van der Waals surface area contributed by atoms with Gasteiger partial charge < -0.3 is 5.73 Å². The summed E-state index contributed by atoms with van der Waals surface area (Å²) in [5, 5.41) is 6.95. The van der Waals surface area contributed by atoms with Gasteiger partial charge in [-0.3, -0.25) is 10.2 Å². The van der Waals surface area contributed by atoms with Crippen LogP contribution in [0.3, 0.4) is 0 Å². The lowest BCUT2D eigenvalue weighted by molar-refractivity contribution is 0.102. The summed E-state index contributed by atoms with van der Waals surface area (Å²) in [7, 11) is 0. The van der Waals surface area contributed by atoms with E-state index in [0.717, 1.165) is 15.3 Å². The molecular weight excluding hydrogens is 311 g/mol. The lowest BCUT2D eigenvalue weighted by atomic mass is 10.2. The van der Waals surface area contributed by atoms with E-state index >= 15 is 0 Å². The molecule has 0 aliphatic carbocycles. The van der Waals surface area contributed by atoms with Crippen LogP contribution in [-0.4, -0.2) is 16.7 Å². The number of Topliss-reactive ketones (excluding diaryl/α,β-unsaturated/α-hetero) is 1. The minimum Gasteiger partial charge on any atom is -0.379 e. The molecule has 0 aliphatic rings. The maximum absolute atomic E-state index is 11.5. The first-order valence-corrected chi connectivity index (χ1v) is 5.91. The van der Waals surface area contributed by atoms with Crippen LogP contribution in [-0.2, 0) is 0 Å². The Bertz CT molecular complexity index is 350. The molecule has 3 N–H and O–H groups in total. The van der Waals surface area contributed by atoms with Crippen molar-refractivity contribution in [3.8, 4) is 0 Å². The first kappa shape index (κ1) is 11.5. The minimum atomic E-state index is -0.0242. The smallest absolute Gasteiger partial charge is 0.173 e. The van der Waals surface area contributed by atoms with E-state index in [1.165, 1.54) is 0 Å². The van der Waals surface area contributed by atoms with Gasteiger partial charge in [0.15, 0.2) is 11.0 Å². The SMILES string of the molecule is N=C(N)SCC(=O)c1ccc(I)cc1. The first-order chi connectivity index (χ1) is 6.59. The lowest BCUT2D eigenvalue weighted by Gasteiger charge is -1.99. The van der Waals surface area contributed by atoms with Crippen LogP contribution >= 0.6 is 34.4 Å². The maximum Gasteiger partial charge on any atom is 0.173 e. The first-order valence-electron chi connectivity index (χ1n) is 3.85. The van der Waals surface area contributed by atoms with Crippen molar-refractivity contribution in [3.05, 3.63) is 33.4 Å². The van der Waals surface area contributed by atoms with Crippen LogP contribution in [0.15, 0.2) is 24.3 Å². The van der Waals surface area contributed by atoms with Crippen LogP contribution in [0.25, 0.3) is 0 Å². The lowest BCUT2D eigenvalue weighted by Crippen LogP contribution is -2.10. The van der Waals surface area contributed by atoms with Gasteiger partial charge in [0.1, 0.15) is 0 Å². The molecule has 0 atom stereocenters. The van der Waals surface area contributed by atoms with E-state index in [-0.39, 0.29) is 16.7 Å². The summed E-state index contributed by atoms with van der Waals surface area (Å²) in [5.41, 5.74) is 5.80. The molecule has 1 aromatic carbocycles. The highest BCUT2D eigenvalue weighted by atomic mass is 127. The maximum atomic E-state index is 11.5. The number of benzene rings is 1. The number of nitrogens with one attached hydrogen (secondary N) is 1. The Balaban J connectivity index is 2.61. The van der Waals surface area contributed by atoms with E-state index in [9.17, 15) is 4.79 Å². The molecule has 1 rings (SSSR count). The Kier molecular flexibility index (Phi) is 4.40. The zero-order valence-corrected chi connectivity index (χ0v) is 10.3. The van der Waals surface area contributed by atoms with Crippen LogP contribution in [0, 0.1) is 8.98 Å². The summed E-state index contributed by atoms with van der Waals surface area (Å²) in [6.07, 6.45) is 0. The molecule has 0 saturated heterocycles. The van der Waals surface area contributed by atoms with Crippen molar-refractivity contribution in [3.63, 3.8) is 0 Å². The number of ketones is 1. The van der Waals surface area contributed by atoms with E-state index in [1.807, 2.05) is 12.1 Å². The Labute approximate surface area is 100 Å². The number of thioether (sulfide) groups is 1. The third kappa shape index (κ3) is 3.67. The molecule has 3 nitrogen and oxygen atoms in total. The van der Waals surface area contributed by atoms with E-state index in [2.05, 4.69) is 22.6 Å². The minimum absolute atomic E-state index is 0.00148. The van der Waals surface area contributed by atoms with Crippen LogP contribution in [0.5, 0.6) is 0 Å². The molecule has 0 amide bonds. The largest absolute Gasteiger partial charge is 0.379 e. The van der Waals surface area contributed by atoms with E-state index in [4.69, 9.17) is 11.1 Å². The van der Waals surface area contributed by atoms with Crippen molar-refractivity contribution in [1.29, 1.82) is 5.41 Å².